The van der Waals surface area contributed by atoms with Gasteiger partial charge in [0.25, 0.3) is 0 Å². The molecule has 2 aromatic rings. The number of hydrogen-bond donors (Lipinski definition) is 1. The molecule has 134 valence electrons. The standard InChI is InChI=1S/C19H21Cl2NO3/c20-9-4-10-22(19(23)24)11-12-25-18-8-7-16(14-17(18)21)13-15-5-2-1-3-6-15/h1-3,5-8,14H,4,9-13H2,(H,23,24). The molecule has 0 saturated carbocycles. The second-order valence-electron chi connectivity index (χ2n) is 5.59. The highest BCUT2D eigenvalue weighted by atomic mass is 35.5. The summed E-state index contributed by atoms with van der Waals surface area (Å²) in [5.74, 6) is 0.987. The third-order valence-electron chi connectivity index (χ3n) is 3.70. The van der Waals surface area contributed by atoms with Crippen LogP contribution >= 0.6 is 23.2 Å². The summed E-state index contributed by atoms with van der Waals surface area (Å²) in [6, 6.07) is 15.8. The Morgan fingerprint density at radius 2 is 1.84 bits per heavy atom. The Bertz CT molecular complexity index is 680. The first-order valence-corrected chi connectivity index (χ1v) is 9.00. The highest BCUT2D eigenvalue weighted by molar-refractivity contribution is 6.32. The van der Waals surface area contributed by atoms with Gasteiger partial charge in [0.1, 0.15) is 12.4 Å². The molecule has 0 aliphatic heterocycles. The summed E-state index contributed by atoms with van der Waals surface area (Å²) >= 11 is 11.9. The van der Waals surface area contributed by atoms with E-state index in [0.29, 0.717) is 29.6 Å². The van der Waals surface area contributed by atoms with E-state index in [1.807, 2.05) is 36.4 Å². The van der Waals surface area contributed by atoms with Crippen molar-refractivity contribution in [3.8, 4) is 5.75 Å². The van der Waals surface area contributed by atoms with Gasteiger partial charge < -0.3 is 14.7 Å². The molecule has 2 aromatic carbocycles. The van der Waals surface area contributed by atoms with Crippen molar-refractivity contribution in [3.05, 3.63) is 64.7 Å². The van der Waals surface area contributed by atoms with Gasteiger partial charge in [-0.15, -0.1) is 11.6 Å². The van der Waals surface area contributed by atoms with Crippen LogP contribution in [0.1, 0.15) is 17.5 Å². The molecule has 6 heteroatoms. The second-order valence-corrected chi connectivity index (χ2v) is 6.37. The zero-order chi connectivity index (χ0) is 18.1. The number of rotatable bonds is 9. The molecule has 0 aliphatic rings. The van der Waals surface area contributed by atoms with Gasteiger partial charge in [0, 0.05) is 12.4 Å². The van der Waals surface area contributed by atoms with Crippen LogP contribution in [0.3, 0.4) is 0 Å². The molecular formula is C19H21Cl2NO3. The van der Waals surface area contributed by atoms with Crippen molar-refractivity contribution in [3.63, 3.8) is 0 Å². The lowest BCUT2D eigenvalue weighted by atomic mass is 10.1. The lowest BCUT2D eigenvalue weighted by molar-refractivity contribution is 0.135. The molecule has 0 fully saturated rings. The molecule has 0 unspecified atom stereocenters. The van der Waals surface area contributed by atoms with Crippen molar-refractivity contribution in [1.82, 2.24) is 4.90 Å². The molecule has 2 rings (SSSR count). The van der Waals surface area contributed by atoms with Crippen LogP contribution < -0.4 is 4.74 Å². The Morgan fingerprint density at radius 3 is 2.48 bits per heavy atom. The van der Waals surface area contributed by atoms with Gasteiger partial charge in [-0.2, -0.15) is 0 Å². The number of nitrogens with zero attached hydrogens (tertiary/aromatic N) is 1. The minimum absolute atomic E-state index is 0.242. The molecule has 0 saturated heterocycles. The van der Waals surface area contributed by atoms with Crippen molar-refractivity contribution in [2.45, 2.75) is 12.8 Å². The molecule has 0 aromatic heterocycles. The predicted octanol–water partition coefficient (Wildman–Crippen LogP) is 4.92. The maximum absolute atomic E-state index is 11.1. The molecule has 0 aliphatic carbocycles. The third-order valence-corrected chi connectivity index (χ3v) is 4.26. The first-order chi connectivity index (χ1) is 12.1. The SMILES string of the molecule is O=C(O)N(CCCCl)CCOc1ccc(Cc2ccccc2)cc1Cl. The summed E-state index contributed by atoms with van der Waals surface area (Å²) in [6.45, 7) is 0.909. The highest BCUT2D eigenvalue weighted by Crippen LogP contribution is 2.26. The van der Waals surface area contributed by atoms with E-state index in [1.54, 1.807) is 0 Å². The Hall–Kier alpha value is -1.91. The van der Waals surface area contributed by atoms with Crippen LogP contribution in [-0.2, 0) is 6.42 Å². The Labute approximate surface area is 157 Å². The Kier molecular flexibility index (Phi) is 7.89. The van der Waals surface area contributed by atoms with E-state index >= 15 is 0 Å². The predicted molar refractivity (Wildman–Crippen MR) is 101 cm³/mol. The summed E-state index contributed by atoms with van der Waals surface area (Å²) in [6.07, 6.45) is 0.438. The molecule has 4 nitrogen and oxygen atoms in total. The van der Waals surface area contributed by atoms with Crippen LogP contribution in [-0.4, -0.2) is 41.7 Å². The molecule has 0 bridgehead atoms. The lowest BCUT2D eigenvalue weighted by Crippen LogP contribution is -2.34. The summed E-state index contributed by atoms with van der Waals surface area (Å²) in [5.41, 5.74) is 2.31. The van der Waals surface area contributed by atoms with E-state index < -0.39 is 6.09 Å². The van der Waals surface area contributed by atoms with E-state index in [0.717, 1.165) is 12.0 Å². The molecule has 25 heavy (non-hydrogen) atoms. The number of ether oxygens (including phenoxy) is 1. The summed E-state index contributed by atoms with van der Waals surface area (Å²) in [7, 11) is 0. The number of benzene rings is 2. The fourth-order valence-corrected chi connectivity index (χ4v) is 2.80. The van der Waals surface area contributed by atoms with Crippen LogP contribution in [0.4, 0.5) is 4.79 Å². The molecule has 1 amide bonds. The second kappa shape index (κ2) is 10.2. The monoisotopic (exact) mass is 381 g/mol. The van der Waals surface area contributed by atoms with E-state index in [9.17, 15) is 4.79 Å². The minimum atomic E-state index is -0.974. The zero-order valence-electron chi connectivity index (χ0n) is 13.8. The average Bonchev–Trinajstić information content (AvgIpc) is 2.60. The van der Waals surface area contributed by atoms with Gasteiger partial charge in [-0.25, -0.2) is 4.79 Å². The number of carbonyl (C=O) groups is 1. The molecule has 0 spiro atoms. The van der Waals surface area contributed by atoms with Gasteiger partial charge >= 0.3 is 6.09 Å². The first-order valence-electron chi connectivity index (χ1n) is 8.09. The van der Waals surface area contributed by atoms with Crippen molar-refractivity contribution < 1.29 is 14.6 Å². The molecule has 0 atom stereocenters. The van der Waals surface area contributed by atoms with Crippen LogP contribution in [0, 0.1) is 0 Å². The average molecular weight is 382 g/mol. The normalized spacial score (nSPS) is 10.5. The summed E-state index contributed by atoms with van der Waals surface area (Å²) in [5, 5.41) is 9.65. The largest absolute Gasteiger partial charge is 0.490 e. The third kappa shape index (κ3) is 6.48. The number of alkyl halides is 1. The van der Waals surface area contributed by atoms with E-state index in [2.05, 4.69) is 12.1 Å². The van der Waals surface area contributed by atoms with Gasteiger partial charge in [0.05, 0.1) is 11.6 Å². The number of amides is 1. The van der Waals surface area contributed by atoms with Crippen LogP contribution in [0.15, 0.2) is 48.5 Å². The summed E-state index contributed by atoms with van der Waals surface area (Å²) in [4.78, 5) is 12.4. The van der Waals surface area contributed by atoms with E-state index in [4.69, 9.17) is 33.0 Å². The van der Waals surface area contributed by atoms with Crippen molar-refractivity contribution >= 4 is 29.3 Å². The Balaban J connectivity index is 1.89. The molecule has 0 heterocycles. The maximum atomic E-state index is 11.1. The van der Waals surface area contributed by atoms with Crippen molar-refractivity contribution in [2.24, 2.45) is 0 Å². The number of hydrogen-bond acceptors (Lipinski definition) is 2. The Morgan fingerprint density at radius 1 is 1.08 bits per heavy atom. The van der Waals surface area contributed by atoms with Gasteiger partial charge in [0.15, 0.2) is 0 Å². The molecular weight excluding hydrogens is 361 g/mol. The van der Waals surface area contributed by atoms with E-state index in [1.165, 1.54) is 10.5 Å². The summed E-state index contributed by atoms with van der Waals surface area (Å²) < 4.78 is 5.63. The molecule has 1 N–H and O–H groups in total. The molecule has 0 radical (unpaired) electrons. The minimum Gasteiger partial charge on any atom is -0.490 e. The van der Waals surface area contributed by atoms with Crippen LogP contribution in [0.25, 0.3) is 0 Å². The maximum Gasteiger partial charge on any atom is 0.407 e. The van der Waals surface area contributed by atoms with Crippen molar-refractivity contribution in [2.75, 3.05) is 25.6 Å². The van der Waals surface area contributed by atoms with Crippen LogP contribution in [0.2, 0.25) is 5.02 Å². The van der Waals surface area contributed by atoms with Crippen molar-refractivity contribution in [1.29, 1.82) is 0 Å². The van der Waals surface area contributed by atoms with Gasteiger partial charge in [-0.05, 0) is 36.1 Å². The fraction of sp³-hybridized carbons (Fsp3) is 0.316. The van der Waals surface area contributed by atoms with Gasteiger partial charge in [0.2, 0.25) is 0 Å². The number of carboxylic acid groups (broad SMARTS) is 1. The number of halogens is 2. The van der Waals surface area contributed by atoms with Gasteiger partial charge in [-0.3, -0.25) is 0 Å². The van der Waals surface area contributed by atoms with Gasteiger partial charge in [-0.1, -0.05) is 48.0 Å². The fourth-order valence-electron chi connectivity index (χ4n) is 2.42. The van der Waals surface area contributed by atoms with E-state index in [-0.39, 0.29) is 13.2 Å². The van der Waals surface area contributed by atoms with Crippen LogP contribution in [0.5, 0.6) is 5.75 Å². The highest BCUT2D eigenvalue weighted by Gasteiger charge is 2.11. The topological polar surface area (TPSA) is 49.8 Å². The first kappa shape index (κ1) is 19.4. The quantitative estimate of drug-likeness (QED) is 0.627. The zero-order valence-corrected chi connectivity index (χ0v) is 15.3. The lowest BCUT2D eigenvalue weighted by Gasteiger charge is -2.19. The smallest absolute Gasteiger partial charge is 0.407 e.